The summed E-state index contributed by atoms with van der Waals surface area (Å²) in [7, 11) is 0. The summed E-state index contributed by atoms with van der Waals surface area (Å²) in [5.41, 5.74) is 18.2. The van der Waals surface area contributed by atoms with Gasteiger partial charge in [0.05, 0.1) is 19.2 Å². The van der Waals surface area contributed by atoms with Gasteiger partial charge in [0, 0.05) is 39.0 Å². The summed E-state index contributed by atoms with van der Waals surface area (Å²) < 4.78 is 31.7. The zero-order valence-corrected chi connectivity index (χ0v) is 39.3. The van der Waals surface area contributed by atoms with Crippen LogP contribution in [0, 0.1) is 0 Å². The summed E-state index contributed by atoms with van der Waals surface area (Å²) in [6.07, 6.45) is -1.86. The molecule has 0 spiro atoms. The number of rotatable bonds is 21. The summed E-state index contributed by atoms with van der Waals surface area (Å²) in [5, 5.41) is 37.5. The van der Waals surface area contributed by atoms with Crippen LogP contribution in [-0.2, 0) is 56.0 Å². The van der Waals surface area contributed by atoms with Crippen molar-refractivity contribution in [3.63, 3.8) is 0 Å². The van der Waals surface area contributed by atoms with E-state index in [1.165, 1.54) is 14.7 Å². The monoisotopic (exact) mass is 1020 g/mol. The van der Waals surface area contributed by atoms with Crippen molar-refractivity contribution in [2.45, 2.75) is 113 Å². The first kappa shape index (κ1) is 57.2. The SMILES string of the molecule is NC(N)=NCCCC(N)C(=O)N1CCCC1C(=O)N1CCCC1C(=O)NCC(=O)NC(Cc1ccccc1)C(=O)NC(CO)C(=O)N1CCCC1C(=O)NC(Cc1ccccc1)C(=O)O.O=C(O)C(F)(F)F. The molecule has 2 aromatic carbocycles. The van der Waals surface area contributed by atoms with E-state index in [-0.39, 0.29) is 50.1 Å². The normalized spacial score (nSPS) is 19.1. The Labute approximate surface area is 412 Å². The summed E-state index contributed by atoms with van der Waals surface area (Å²) in [6, 6.07) is 9.74. The Hall–Kier alpha value is -7.35. The number of halogens is 3. The number of benzene rings is 2. The third-order valence-electron chi connectivity index (χ3n) is 12.1. The highest BCUT2D eigenvalue weighted by Gasteiger charge is 2.44. The van der Waals surface area contributed by atoms with Crippen molar-refractivity contribution in [2.24, 2.45) is 22.2 Å². The van der Waals surface area contributed by atoms with Crippen molar-refractivity contribution in [2.75, 3.05) is 39.3 Å². The summed E-state index contributed by atoms with van der Waals surface area (Å²) in [6.45, 7) is -0.378. The van der Waals surface area contributed by atoms with E-state index in [0.29, 0.717) is 69.2 Å². The molecule has 0 bridgehead atoms. The predicted molar refractivity (Wildman–Crippen MR) is 250 cm³/mol. The smallest absolute Gasteiger partial charge is 0.480 e. The van der Waals surface area contributed by atoms with Crippen LogP contribution in [-0.4, -0.2) is 177 Å². The number of carboxylic acids is 2. The van der Waals surface area contributed by atoms with E-state index in [1.54, 1.807) is 60.7 Å². The molecule has 7 atom stereocenters. The van der Waals surface area contributed by atoms with Gasteiger partial charge in [-0.2, -0.15) is 13.2 Å². The van der Waals surface area contributed by atoms with Crippen LogP contribution in [0.1, 0.15) is 62.5 Å². The number of aliphatic carboxylic acids is 2. The second-order valence-corrected chi connectivity index (χ2v) is 17.3. The minimum atomic E-state index is -5.08. The average Bonchev–Trinajstić information content (AvgIpc) is 4.16. The van der Waals surface area contributed by atoms with Crippen LogP contribution in [0.25, 0.3) is 0 Å². The number of likely N-dealkylation sites (tertiary alicyclic amines) is 3. The fourth-order valence-electron chi connectivity index (χ4n) is 8.51. The Bertz CT molecular complexity index is 2260. The van der Waals surface area contributed by atoms with E-state index in [2.05, 4.69) is 26.3 Å². The van der Waals surface area contributed by atoms with E-state index in [0.717, 1.165) is 0 Å². The van der Waals surface area contributed by atoms with Crippen molar-refractivity contribution in [1.29, 1.82) is 0 Å². The highest BCUT2D eigenvalue weighted by atomic mass is 19.4. The number of amides is 7. The number of hydrogen-bond donors (Lipinski definition) is 10. The maximum atomic E-state index is 13.8. The number of guanidine groups is 1. The Morgan fingerprint density at radius 1 is 0.681 bits per heavy atom. The summed E-state index contributed by atoms with van der Waals surface area (Å²) >= 11 is 0. The zero-order chi connectivity index (χ0) is 53.1. The molecule has 0 radical (unpaired) electrons. The first-order chi connectivity index (χ1) is 34.1. The molecule has 2 aromatic rings. The lowest BCUT2D eigenvalue weighted by Gasteiger charge is -2.32. The van der Waals surface area contributed by atoms with Gasteiger partial charge in [-0.05, 0) is 62.5 Å². The van der Waals surface area contributed by atoms with Gasteiger partial charge in [0.15, 0.2) is 5.96 Å². The lowest BCUT2D eigenvalue weighted by molar-refractivity contribution is -0.192. The number of nitrogens with one attached hydrogen (secondary N) is 4. The topological polar surface area (TPSA) is 363 Å². The molecule has 3 aliphatic rings. The molecule has 7 amide bonds. The number of carbonyl (C=O) groups excluding carboxylic acids is 7. The number of aliphatic hydroxyl groups is 1. The van der Waals surface area contributed by atoms with E-state index < -0.39 is 103 Å². The van der Waals surface area contributed by atoms with Gasteiger partial charge in [-0.25, -0.2) is 9.59 Å². The lowest BCUT2D eigenvalue weighted by Crippen LogP contribution is -2.59. The molecule has 3 heterocycles. The summed E-state index contributed by atoms with van der Waals surface area (Å²) in [4.78, 5) is 124. The minimum Gasteiger partial charge on any atom is -0.480 e. The maximum Gasteiger partial charge on any atom is 0.490 e. The van der Waals surface area contributed by atoms with E-state index in [4.69, 9.17) is 27.1 Å². The quantitative estimate of drug-likeness (QED) is 0.0371. The number of nitrogens with zero attached hydrogens (tertiary/aromatic N) is 4. The lowest BCUT2D eigenvalue weighted by atomic mass is 10.0. The van der Waals surface area contributed by atoms with E-state index in [1.807, 2.05) is 0 Å². The van der Waals surface area contributed by atoms with Gasteiger partial charge in [-0.15, -0.1) is 0 Å². The molecule has 13 N–H and O–H groups in total. The van der Waals surface area contributed by atoms with Crippen LogP contribution in [0.2, 0.25) is 0 Å². The largest absolute Gasteiger partial charge is 0.490 e. The number of aliphatic imine (C=N–C) groups is 1. The standard InChI is InChI=1S/C44H61N11O10.C2HF3O2/c45-29(15-7-19-48-44(46)47)40(61)55-22-10-18-35(55)42(63)54-21-8-16-33(54)38(59)49-25-36(57)50-30(23-27-11-3-1-4-12-27)37(58)52-32(26-56)41(62)53-20-9-17-34(53)39(60)51-31(43(64)65)24-28-13-5-2-6-14-28;3-2(4,5)1(6)7/h1-6,11-14,29-35,56H,7-10,15-26,45H2,(H,49,59)(H,50,57)(H,51,60)(H,52,58)(H,64,65)(H4,46,47,48);(H,6,7). The van der Waals surface area contributed by atoms with E-state index >= 15 is 0 Å². The van der Waals surface area contributed by atoms with Gasteiger partial charge in [-0.1, -0.05) is 60.7 Å². The second kappa shape index (κ2) is 27.3. The van der Waals surface area contributed by atoms with E-state index in [9.17, 15) is 61.7 Å². The third kappa shape index (κ3) is 16.9. The molecule has 5 rings (SSSR count). The number of carboxylic acid groups (broad SMARTS) is 2. The van der Waals surface area contributed by atoms with Crippen molar-refractivity contribution in [3.05, 3.63) is 71.8 Å². The average molecular weight is 1020 g/mol. The Morgan fingerprint density at radius 2 is 1.18 bits per heavy atom. The molecule has 23 nitrogen and oxygen atoms in total. The predicted octanol–water partition coefficient (Wildman–Crippen LogP) is -1.89. The van der Waals surface area contributed by atoms with Gasteiger partial charge in [-0.3, -0.25) is 38.6 Å². The first-order valence-electron chi connectivity index (χ1n) is 23.2. The zero-order valence-electron chi connectivity index (χ0n) is 39.3. The van der Waals surface area contributed by atoms with Crippen LogP contribution >= 0.6 is 0 Å². The van der Waals surface area contributed by atoms with Gasteiger partial charge < -0.3 is 68.5 Å². The van der Waals surface area contributed by atoms with Gasteiger partial charge >= 0.3 is 18.1 Å². The molecule has 0 saturated carbocycles. The van der Waals surface area contributed by atoms with Crippen molar-refractivity contribution in [3.8, 4) is 0 Å². The Balaban J connectivity index is 0.00000149. The number of hydrogen-bond acceptors (Lipinski definition) is 12. The highest BCUT2D eigenvalue weighted by molar-refractivity contribution is 5.97. The molecule has 7 unspecified atom stereocenters. The van der Waals surface area contributed by atoms with Crippen LogP contribution in [0.5, 0.6) is 0 Å². The molecular formula is C46H62F3N11O12. The second-order valence-electron chi connectivity index (χ2n) is 17.3. The number of carbonyl (C=O) groups is 9. The van der Waals surface area contributed by atoms with Crippen molar-refractivity contribution >= 4 is 59.2 Å². The molecule has 394 valence electrons. The third-order valence-corrected chi connectivity index (χ3v) is 12.1. The summed E-state index contributed by atoms with van der Waals surface area (Å²) in [5.74, 6) is -8.46. The molecular weight excluding hydrogens is 956 g/mol. The van der Waals surface area contributed by atoms with Crippen molar-refractivity contribution < 1.29 is 71.6 Å². The molecule has 26 heteroatoms. The maximum absolute atomic E-state index is 13.8. The van der Waals surface area contributed by atoms with Gasteiger partial charge in [0.1, 0.15) is 36.3 Å². The van der Waals surface area contributed by atoms with Crippen LogP contribution in [0.4, 0.5) is 13.2 Å². The minimum absolute atomic E-state index is 0.0128. The molecule has 3 fully saturated rings. The number of alkyl halides is 3. The van der Waals surface area contributed by atoms with Gasteiger partial charge in [0.25, 0.3) is 0 Å². The van der Waals surface area contributed by atoms with Gasteiger partial charge in [0.2, 0.25) is 41.4 Å². The van der Waals surface area contributed by atoms with Crippen LogP contribution < -0.4 is 38.5 Å². The molecule has 72 heavy (non-hydrogen) atoms. The first-order valence-corrected chi connectivity index (χ1v) is 23.2. The Morgan fingerprint density at radius 3 is 1.69 bits per heavy atom. The van der Waals surface area contributed by atoms with Crippen molar-refractivity contribution in [1.82, 2.24) is 36.0 Å². The van der Waals surface area contributed by atoms with Crippen LogP contribution in [0.15, 0.2) is 65.7 Å². The molecule has 0 aromatic heterocycles. The molecule has 0 aliphatic carbocycles. The highest BCUT2D eigenvalue weighted by Crippen LogP contribution is 2.26. The fraction of sp³-hybridized carbons (Fsp3) is 0.522. The molecule has 3 saturated heterocycles. The van der Waals surface area contributed by atoms with Crippen LogP contribution in [0.3, 0.4) is 0 Å². The fourth-order valence-corrected chi connectivity index (χ4v) is 8.51. The number of nitrogens with two attached hydrogens (primary N) is 3. The molecule has 3 aliphatic heterocycles. The Kier molecular flexibility index (Phi) is 21.7. The number of aliphatic hydroxyl groups excluding tert-OH is 1.